The molecule has 0 saturated carbocycles. The summed E-state index contributed by atoms with van der Waals surface area (Å²) in [6.45, 7) is 11.1. The molecule has 0 aliphatic rings. The highest BCUT2D eigenvalue weighted by atomic mass is 14.1. The molecule has 1 heteroatoms. The Morgan fingerprint density at radius 3 is 2.33 bits per heavy atom. The molecule has 0 unspecified atom stereocenters. The molecule has 0 aromatic carbocycles. The topological polar surface area (TPSA) is 0 Å². The van der Waals surface area contributed by atoms with Crippen molar-refractivity contribution in [3.63, 3.8) is 0 Å². The molecule has 68 valence electrons. The SMILES string of the molecule is CB/C(C)=C(/C/C=C\C)C(C)C. The molecular weight excluding hydrogens is 143 g/mol. The van der Waals surface area contributed by atoms with Gasteiger partial charge < -0.3 is 0 Å². The third-order valence-corrected chi connectivity index (χ3v) is 2.35. The van der Waals surface area contributed by atoms with E-state index in [-0.39, 0.29) is 0 Å². The second kappa shape index (κ2) is 6.10. The molecule has 0 saturated heterocycles. The first-order valence-corrected chi connectivity index (χ1v) is 4.93. The van der Waals surface area contributed by atoms with Crippen LogP contribution in [0.1, 0.15) is 34.1 Å². The van der Waals surface area contributed by atoms with E-state index in [1.165, 1.54) is 7.28 Å². The molecule has 0 aromatic rings. The second-order valence-electron chi connectivity index (χ2n) is 3.59. The van der Waals surface area contributed by atoms with Crippen molar-refractivity contribution in [2.24, 2.45) is 5.92 Å². The van der Waals surface area contributed by atoms with E-state index in [0.29, 0.717) is 5.92 Å². The lowest BCUT2D eigenvalue weighted by Crippen LogP contribution is -2.00. The predicted molar refractivity (Wildman–Crippen MR) is 60.0 cm³/mol. The Morgan fingerprint density at radius 1 is 1.42 bits per heavy atom. The first-order chi connectivity index (χ1) is 5.63. The summed E-state index contributed by atoms with van der Waals surface area (Å²) in [5.41, 5.74) is 3.17. The van der Waals surface area contributed by atoms with E-state index in [0.717, 1.165) is 6.42 Å². The van der Waals surface area contributed by atoms with Crippen LogP contribution in [0.2, 0.25) is 6.82 Å². The van der Waals surface area contributed by atoms with Gasteiger partial charge in [-0.15, -0.1) is 5.47 Å². The largest absolute Gasteiger partial charge is 0.148 e. The van der Waals surface area contributed by atoms with E-state index in [1.807, 2.05) is 0 Å². The molecule has 0 bridgehead atoms. The first kappa shape index (κ1) is 11.5. The summed E-state index contributed by atoms with van der Waals surface area (Å²) in [5.74, 6) is 0.696. The van der Waals surface area contributed by atoms with Gasteiger partial charge in [0.1, 0.15) is 7.28 Å². The highest BCUT2D eigenvalue weighted by Crippen LogP contribution is 2.18. The van der Waals surface area contributed by atoms with Crippen molar-refractivity contribution in [1.82, 2.24) is 0 Å². The summed E-state index contributed by atoms with van der Waals surface area (Å²) in [7, 11) is 1.19. The molecule has 0 fully saturated rings. The Hall–Kier alpha value is -0.455. The Balaban J connectivity index is 4.43. The Labute approximate surface area is 78.0 Å². The normalized spacial score (nSPS) is 13.8. The van der Waals surface area contributed by atoms with E-state index in [1.54, 1.807) is 11.0 Å². The van der Waals surface area contributed by atoms with Crippen LogP contribution in [0.5, 0.6) is 0 Å². The van der Waals surface area contributed by atoms with Crippen molar-refractivity contribution in [2.45, 2.75) is 40.9 Å². The molecule has 0 spiro atoms. The molecule has 0 heterocycles. The van der Waals surface area contributed by atoms with Gasteiger partial charge in [0.2, 0.25) is 0 Å². The molecule has 12 heavy (non-hydrogen) atoms. The molecule has 0 atom stereocenters. The summed E-state index contributed by atoms with van der Waals surface area (Å²) in [6, 6.07) is 0. The van der Waals surface area contributed by atoms with Gasteiger partial charge in [0, 0.05) is 0 Å². The van der Waals surface area contributed by atoms with Crippen LogP contribution in [0.15, 0.2) is 23.2 Å². The van der Waals surface area contributed by atoms with E-state index in [9.17, 15) is 0 Å². The van der Waals surface area contributed by atoms with Gasteiger partial charge in [0.15, 0.2) is 0 Å². The van der Waals surface area contributed by atoms with Crippen molar-refractivity contribution >= 4 is 7.28 Å². The third kappa shape index (κ3) is 3.80. The van der Waals surface area contributed by atoms with E-state index < -0.39 is 0 Å². The van der Waals surface area contributed by atoms with Gasteiger partial charge in [-0.25, -0.2) is 0 Å². The van der Waals surface area contributed by atoms with Crippen LogP contribution in [0.4, 0.5) is 0 Å². The summed E-state index contributed by atoms with van der Waals surface area (Å²) >= 11 is 0. The highest BCUT2D eigenvalue weighted by Gasteiger charge is 2.04. The van der Waals surface area contributed by atoms with Crippen LogP contribution >= 0.6 is 0 Å². The minimum absolute atomic E-state index is 0.696. The van der Waals surface area contributed by atoms with Crippen LogP contribution < -0.4 is 0 Å². The van der Waals surface area contributed by atoms with Crippen molar-refractivity contribution < 1.29 is 0 Å². The predicted octanol–water partition coefficient (Wildman–Crippen LogP) is 3.37. The molecule has 0 aromatic heterocycles. The van der Waals surface area contributed by atoms with Crippen LogP contribution in [0, 0.1) is 5.92 Å². The van der Waals surface area contributed by atoms with Gasteiger partial charge in [-0.1, -0.05) is 45.3 Å². The van der Waals surface area contributed by atoms with Gasteiger partial charge in [-0.2, -0.15) is 0 Å². The van der Waals surface area contributed by atoms with Gasteiger partial charge in [-0.05, 0) is 19.3 Å². The average molecular weight is 164 g/mol. The standard InChI is InChI=1S/C11H21B/c1-6-7-8-11(9(2)3)10(4)12-5/h6-7,9,12H,8H2,1-5H3/b7-6-,11-10-. The van der Waals surface area contributed by atoms with Gasteiger partial charge >= 0.3 is 0 Å². The number of hydrogen-bond acceptors (Lipinski definition) is 0. The minimum Gasteiger partial charge on any atom is -0.109 e. The molecule has 0 aliphatic heterocycles. The fourth-order valence-electron chi connectivity index (χ4n) is 1.37. The summed E-state index contributed by atoms with van der Waals surface area (Å²) in [6.07, 6.45) is 5.51. The van der Waals surface area contributed by atoms with E-state index in [4.69, 9.17) is 0 Å². The smallest absolute Gasteiger partial charge is 0.109 e. The lowest BCUT2D eigenvalue weighted by molar-refractivity contribution is 0.741. The lowest BCUT2D eigenvalue weighted by Gasteiger charge is -2.12. The Morgan fingerprint density at radius 2 is 2.00 bits per heavy atom. The molecule has 0 nitrogen and oxygen atoms in total. The third-order valence-electron chi connectivity index (χ3n) is 2.35. The molecule has 0 amide bonds. The van der Waals surface area contributed by atoms with Crippen LogP contribution in [0.25, 0.3) is 0 Å². The maximum Gasteiger partial charge on any atom is 0.148 e. The van der Waals surface area contributed by atoms with Crippen LogP contribution in [0.3, 0.4) is 0 Å². The molecule has 0 radical (unpaired) electrons. The number of rotatable bonds is 4. The van der Waals surface area contributed by atoms with E-state index in [2.05, 4.69) is 46.7 Å². The first-order valence-electron chi connectivity index (χ1n) is 4.93. The zero-order chi connectivity index (χ0) is 9.56. The van der Waals surface area contributed by atoms with E-state index >= 15 is 0 Å². The number of allylic oxidation sites excluding steroid dienone is 4. The van der Waals surface area contributed by atoms with Gasteiger partial charge in [-0.3, -0.25) is 0 Å². The monoisotopic (exact) mass is 164 g/mol. The Bertz CT molecular complexity index is 175. The lowest BCUT2D eigenvalue weighted by atomic mass is 9.69. The molecule has 0 aliphatic carbocycles. The zero-order valence-electron chi connectivity index (χ0n) is 9.15. The van der Waals surface area contributed by atoms with Crippen LogP contribution in [-0.2, 0) is 0 Å². The van der Waals surface area contributed by atoms with Crippen molar-refractivity contribution in [1.29, 1.82) is 0 Å². The maximum atomic E-state index is 2.28. The van der Waals surface area contributed by atoms with Crippen LogP contribution in [-0.4, -0.2) is 7.28 Å². The molecular formula is C11H21B. The summed E-state index contributed by atoms with van der Waals surface area (Å²) in [4.78, 5) is 0. The van der Waals surface area contributed by atoms with Crippen molar-refractivity contribution in [3.05, 3.63) is 23.2 Å². The molecule has 0 rings (SSSR count). The summed E-state index contributed by atoms with van der Waals surface area (Å²) < 4.78 is 0. The fourth-order valence-corrected chi connectivity index (χ4v) is 1.37. The summed E-state index contributed by atoms with van der Waals surface area (Å²) in [5, 5.41) is 0. The highest BCUT2D eigenvalue weighted by molar-refractivity contribution is 6.43. The van der Waals surface area contributed by atoms with Crippen molar-refractivity contribution in [2.75, 3.05) is 0 Å². The number of hydrogen-bond donors (Lipinski definition) is 0. The fraction of sp³-hybridized carbons (Fsp3) is 0.636. The quantitative estimate of drug-likeness (QED) is 0.441. The zero-order valence-corrected chi connectivity index (χ0v) is 9.15. The van der Waals surface area contributed by atoms with Gasteiger partial charge in [0.25, 0.3) is 0 Å². The minimum atomic E-state index is 0.696. The van der Waals surface area contributed by atoms with Gasteiger partial charge in [0.05, 0.1) is 0 Å². The Kier molecular flexibility index (Phi) is 5.87. The maximum absolute atomic E-state index is 2.28. The van der Waals surface area contributed by atoms with Crippen molar-refractivity contribution in [3.8, 4) is 0 Å². The second-order valence-corrected chi connectivity index (χ2v) is 3.59. The molecule has 0 N–H and O–H groups in total. The average Bonchev–Trinajstić information content (AvgIpc) is 2.04.